The van der Waals surface area contributed by atoms with Crippen molar-refractivity contribution in [1.82, 2.24) is 4.90 Å². The lowest BCUT2D eigenvalue weighted by molar-refractivity contribution is 0.0345. The van der Waals surface area contributed by atoms with Gasteiger partial charge in [0, 0.05) is 25.2 Å². The summed E-state index contributed by atoms with van der Waals surface area (Å²) in [7, 11) is 3.17. The van der Waals surface area contributed by atoms with E-state index in [-0.39, 0.29) is 11.7 Å². The van der Waals surface area contributed by atoms with Gasteiger partial charge < -0.3 is 14.2 Å². The van der Waals surface area contributed by atoms with Crippen molar-refractivity contribution in [2.75, 3.05) is 47.1 Å². The number of ketones is 1. The Morgan fingerprint density at radius 3 is 2.38 bits per heavy atom. The number of Topliss-reactive ketones (excluding diaryl/α,β-unsaturated/α-hetero) is 1. The molecule has 0 aliphatic carbocycles. The molecule has 0 amide bonds. The van der Waals surface area contributed by atoms with Crippen LogP contribution in [0.15, 0.2) is 48.5 Å². The van der Waals surface area contributed by atoms with Crippen molar-refractivity contribution in [1.29, 1.82) is 0 Å². The average Bonchev–Trinajstić information content (AvgIpc) is 2.72. The fraction of sp³-hybridized carbons (Fsp3) is 0.381. The lowest BCUT2D eigenvalue weighted by Gasteiger charge is -2.30. The Morgan fingerprint density at radius 2 is 1.73 bits per heavy atom. The summed E-state index contributed by atoms with van der Waals surface area (Å²) >= 11 is 0. The zero-order valence-corrected chi connectivity index (χ0v) is 15.3. The van der Waals surface area contributed by atoms with Gasteiger partial charge in [0.2, 0.25) is 0 Å². The molecule has 0 N–H and O–H groups in total. The number of morpholine rings is 1. The van der Waals surface area contributed by atoms with Crippen molar-refractivity contribution < 1.29 is 19.0 Å². The highest BCUT2D eigenvalue weighted by molar-refractivity contribution is 6.01. The van der Waals surface area contributed by atoms with E-state index < -0.39 is 0 Å². The number of carbonyl (C=O) groups is 1. The van der Waals surface area contributed by atoms with Crippen LogP contribution in [-0.4, -0.2) is 57.8 Å². The fourth-order valence-electron chi connectivity index (χ4n) is 3.26. The molecule has 0 radical (unpaired) electrons. The second-order valence-electron chi connectivity index (χ2n) is 6.31. The first kappa shape index (κ1) is 18.4. The topological polar surface area (TPSA) is 48.0 Å². The van der Waals surface area contributed by atoms with Crippen molar-refractivity contribution in [3.05, 3.63) is 59.7 Å². The van der Waals surface area contributed by atoms with E-state index in [9.17, 15) is 4.79 Å². The van der Waals surface area contributed by atoms with Gasteiger partial charge in [0.05, 0.1) is 33.4 Å². The molecule has 138 valence electrons. The third kappa shape index (κ3) is 4.23. The van der Waals surface area contributed by atoms with Crippen molar-refractivity contribution in [3.8, 4) is 11.5 Å². The van der Waals surface area contributed by atoms with Crippen LogP contribution >= 0.6 is 0 Å². The molecule has 2 aromatic carbocycles. The van der Waals surface area contributed by atoms with Crippen LogP contribution in [0, 0.1) is 0 Å². The summed E-state index contributed by atoms with van der Waals surface area (Å²) in [5.41, 5.74) is 1.66. The van der Waals surface area contributed by atoms with E-state index in [0.717, 1.165) is 18.7 Å². The molecule has 0 bridgehead atoms. The summed E-state index contributed by atoms with van der Waals surface area (Å²) < 4.78 is 16.1. The minimum absolute atomic E-state index is 0.0867. The highest BCUT2D eigenvalue weighted by Gasteiger charge is 2.26. The maximum absolute atomic E-state index is 13.3. The van der Waals surface area contributed by atoms with Crippen LogP contribution < -0.4 is 9.47 Å². The van der Waals surface area contributed by atoms with Gasteiger partial charge in [0.1, 0.15) is 0 Å². The fourth-order valence-corrected chi connectivity index (χ4v) is 3.26. The lowest BCUT2D eigenvalue weighted by Crippen LogP contribution is -2.40. The zero-order chi connectivity index (χ0) is 18.4. The van der Waals surface area contributed by atoms with Gasteiger partial charge in [-0.15, -0.1) is 0 Å². The second kappa shape index (κ2) is 8.83. The summed E-state index contributed by atoms with van der Waals surface area (Å²) in [5, 5.41) is 0. The van der Waals surface area contributed by atoms with Crippen LogP contribution in [0.4, 0.5) is 0 Å². The summed E-state index contributed by atoms with van der Waals surface area (Å²) in [6.45, 7) is 3.81. The molecule has 0 saturated carbocycles. The highest BCUT2D eigenvalue weighted by Crippen LogP contribution is 2.30. The molecule has 0 spiro atoms. The predicted octanol–water partition coefficient (Wildman–Crippen LogP) is 3.00. The maximum atomic E-state index is 13.3. The molecule has 26 heavy (non-hydrogen) atoms. The molecule has 3 rings (SSSR count). The molecule has 5 nitrogen and oxygen atoms in total. The largest absolute Gasteiger partial charge is 0.493 e. The van der Waals surface area contributed by atoms with E-state index in [4.69, 9.17) is 14.2 Å². The number of nitrogens with zero attached hydrogens (tertiary/aromatic N) is 1. The molecule has 1 heterocycles. The number of benzene rings is 2. The summed E-state index contributed by atoms with van der Waals surface area (Å²) in [6.07, 6.45) is 0. The number of methoxy groups -OCH3 is 2. The molecule has 1 saturated heterocycles. The number of rotatable bonds is 7. The van der Waals surface area contributed by atoms with E-state index in [0.29, 0.717) is 36.8 Å². The lowest BCUT2D eigenvalue weighted by atomic mass is 9.89. The van der Waals surface area contributed by atoms with Crippen LogP contribution in [-0.2, 0) is 4.74 Å². The smallest absolute Gasteiger partial charge is 0.171 e. The van der Waals surface area contributed by atoms with E-state index in [2.05, 4.69) is 4.90 Å². The second-order valence-corrected chi connectivity index (χ2v) is 6.31. The Hall–Kier alpha value is -2.37. The quantitative estimate of drug-likeness (QED) is 0.715. The van der Waals surface area contributed by atoms with Crippen molar-refractivity contribution in [3.63, 3.8) is 0 Å². The monoisotopic (exact) mass is 355 g/mol. The van der Waals surface area contributed by atoms with Crippen molar-refractivity contribution in [2.24, 2.45) is 0 Å². The Kier molecular flexibility index (Phi) is 6.26. The Labute approximate surface area is 154 Å². The molecule has 1 aliphatic heterocycles. The van der Waals surface area contributed by atoms with Gasteiger partial charge in [-0.25, -0.2) is 0 Å². The SMILES string of the molecule is COc1ccc(C(=O)C(CN2CCOCC2)c2ccccc2)cc1OC. The van der Waals surface area contributed by atoms with Gasteiger partial charge in [0.15, 0.2) is 17.3 Å². The average molecular weight is 355 g/mol. The van der Waals surface area contributed by atoms with E-state index >= 15 is 0 Å². The summed E-state index contributed by atoms with van der Waals surface area (Å²) in [4.78, 5) is 15.6. The minimum Gasteiger partial charge on any atom is -0.493 e. The number of hydrogen-bond acceptors (Lipinski definition) is 5. The Balaban J connectivity index is 1.89. The highest BCUT2D eigenvalue weighted by atomic mass is 16.5. The van der Waals surface area contributed by atoms with Crippen molar-refractivity contribution >= 4 is 5.78 Å². The van der Waals surface area contributed by atoms with E-state index in [1.807, 2.05) is 30.3 Å². The molecule has 1 aliphatic rings. The van der Waals surface area contributed by atoms with Crippen LogP contribution in [0.3, 0.4) is 0 Å². The van der Waals surface area contributed by atoms with Gasteiger partial charge in [-0.1, -0.05) is 30.3 Å². The van der Waals surface area contributed by atoms with Gasteiger partial charge in [-0.05, 0) is 23.8 Å². The van der Waals surface area contributed by atoms with Gasteiger partial charge in [-0.3, -0.25) is 9.69 Å². The third-order valence-electron chi connectivity index (χ3n) is 4.73. The van der Waals surface area contributed by atoms with Crippen LogP contribution in [0.2, 0.25) is 0 Å². The first-order valence-corrected chi connectivity index (χ1v) is 8.84. The van der Waals surface area contributed by atoms with Crippen molar-refractivity contribution in [2.45, 2.75) is 5.92 Å². The minimum atomic E-state index is -0.229. The van der Waals surface area contributed by atoms with Crippen LogP contribution in [0.25, 0.3) is 0 Å². The van der Waals surface area contributed by atoms with Gasteiger partial charge in [0.25, 0.3) is 0 Å². The molecule has 5 heteroatoms. The molecular formula is C21H25NO4. The summed E-state index contributed by atoms with van der Waals surface area (Å²) in [6, 6.07) is 15.3. The predicted molar refractivity (Wildman–Crippen MR) is 100 cm³/mol. The molecule has 1 atom stereocenters. The first-order valence-electron chi connectivity index (χ1n) is 8.84. The molecule has 2 aromatic rings. The van der Waals surface area contributed by atoms with E-state index in [1.165, 1.54) is 0 Å². The maximum Gasteiger partial charge on any atom is 0.171 e. The molecule has 1 unspecified atom stereocenters. The summed E-state index contributed by atoms with van der Waals surface area (Å²) in [5.74, 6) is 1.04. The van der Waals surface area contributed by atoms with E-state index in [1.54, 1.807) is 32.4 Å². The zero-order valence-electron chi connectivity index (χ0n) is 15.3. The van der Waals surface area contributed by atoms with Crippen LogP contribution in [0.1, 0.15) is 21.8 Å². The Bertz CT molecular complexity index is 726. The standard InChI is InChI=1S/C21H25NO4/c1-24-19-9-8-17(14-20(19)25-2)21(23)18(16-6-4-3-5-7-16)15-22-10-12-26-13-11-22/h3-9,14,18H,10-13,15H2,1-2H3. The molecular weight excluding hydrogens is 330 g/mol. The van der Waals surface area contributed by atoms with Gasteiger partial charge >= 0.3 is 0 Å². The normalized spacial score (nSPS) is 16.1. The third-order valence-corrected chi connectivity index (χ3v) is 4.73. The number of carbonyl (C=O) groups excluding carboxylic acids is 1. The van der Waals surface area contributed by atoms with Gasteiger partial charge in [-0.2, -0.15) is 0 Å². The molecule has 1 fully saturated rings. The Morgan fingerprint density at radius 1 is 1.04 bits per heavy atom. The first-order chi connectivity index (χ1) is 12.7. The number of ether oxygens (including phenoxy) is 3. The number of hydrogen-bond donors (Lipinski definition) is 0. The molecule has 0 aromatic heterocycles. The van der Waals surface area contributed by atoms with Crippen LogP contribution in [0.5, 0.6) is 11.5 Å².